The number of hydrogen-bond donors (Lipinski definition) is 2. The Morgan fingerprint density at radius 3 is 2.59 bits per heavy atom. The molecule has 2 aromatic rings. The summed E-state index contributed by atoms with van der Waals surface area (Å²) in [5.74, 6) is 0.530. The second-order valence-corrected chi connectivity index (χ2v) is 5.28. The van der Waals surface area contributed by atoms with Gasteiger partial charge in [0.15, 0.2) is 0 Å². The van der Waals surface area contributed by atoms with Gasteiger partial charge in [-0.2, -0.15) is 0 Å². The van der Waals surface area contributed by atoms with Gasteiger partial charge in [0.1, 0.15) is 5.82 Å². The fraction of sp³-hybridized carbons (Fsp3) is 0.333. The lowest BCUT2D eigenvalue weighted by molar-refractivity contribution is -0.115. The molecule has 0 fully saturated rings. The molecule has 0 saturated carbocycles. The molecule has 4 nitrogen and oxygen atoms in total. The van der Waals surface area contributed by atoms with Crippen molar-refractivity contribution in [2.24, 2.45) is 0 Å². The molecule has 1 aromatic heterocycles. The van der Waals surface area contributed by atoms with E-state index in [1.54, 1.807) is 6.20 Å². The summed E-state index contributed by atoms with van der Waals surface area (Å²) < 4.78 is 0. The third-order valence-electron chi connectivity index (χ3n) is 3.35. The van der Waals surface area contributed by atoms with E-state index in [0.29, 0.717) is 12.2 Å². The number of carbonyl (C=O) groups excluding carboxylic acids is 1. The van der Waals surface area contributed by atoms with Crippen LogP contribution < -0.4 is 10.6 Å². The zero-order valence-electron chi connectivity index (χ0n) is 13.0. The smallest absolute Gasteiger partial charge is 0.229 e. The Hall–Kier alpha value is -2.36. The van der Waals surface area contributed by atoms with E-state index in [4.69, 9.17) is 0 Å². The molecule has 0 spiro atoms. The molecule has 2 rings (SSSR count). The van der Waals surface area contributed by atoms with Crippen molar-refractivity contribution in [2.45, 2.75) is 32.6 Å². The third-order valence-corrected chi connectivity index (χ3v) is 3.35. The number of nitrogens with one attached hydrogen (secondary N) is 2. The Labute approximate surface area is 132 Å². The molecule has 2 N–H and O–H groups in total. The topological polar surface area (TPSA) is 54.0 Å². The first kappa shape index (κ1) is 16.0. The second-order valence-electron chi connectivity index (χ2n) is 5.28. The third kappa shape index (κ3) is 5.56. The quantitative estimate of drug-likeness (QED) is 0.727. The van der Waals surface area contributed by atoms with Crippen molar-refractivity contribution in [3.05, 3.63) is 54.2 Å². The highest BCUT2D eigenvalue weighted by Crippen LogP contribution is 2.11. The number of pyridine rings is 1. The van der Waals surface area contributed by atoms with Crippen molar-refractivity contribution >= 4 is 17.4 Å². The van der Waals surface area contributed by atoms with Crippen LogP contribution in [-0.2, 0) is 11.2 Å². The van der Waals surface area contributed by atoms with Gasteiger partial charge >= 0.3 is 0 Å². The van der Waals surface area contributed by atoms with E-state index in [0.717, 1.165) is 24.2 Å². The Kier molecular flexibility index (Phi) is 6.42. The van der Waals surface area contributed by atoms with Crippen LogP contribution in [0.4, 0.5) is 11.5 Å². The number of unbranched alkanes of at least 4 members (excludes halogenated alkanes) is 2. The maximum Gasteiger partial charge on any atom is 0.229 e. The molecule has 0 atom stereocenters. The van der Waals surface area contributed by atoms with Crippen LogP contribution in [0.15, 0.2) is 48.7 Å². The first-order valence-electron chi connectivity index (χ1n) is 7.81. The van der Waals surface area contributed by atoms with Gasteiger partial charge in [-0.15, -0.1) is 0 Å². The summed E-state index contributed by atoms with van der Waals surface area (Å²) >= 11 is 0. The molecule has 1 aromatic carbocycles. The van der Waals surface area contributed by atoms with E-state index >= 15 is 0 Å². The van der Waals surface area contributed by atoms with Crippen molar-refractivity contribution in [3.63, 3.8) is 0 Å². The van der Waals surface area contributed by atoms with E-state index in [1.807, 2.05) is 42.5 Å². The first-order chi connectivity index (χ1) is 10.8. The SMILES string of the molecule is CCCCCNc1ccc(NC(=O)Cc2ccccc2)nc1. The highest BCUT2D eigenvalue weighted by Gasteiger charge is 2.04. The molecule has 0 aliphatic rings. The van der Waals surface area contributed by atoms with Crippen LogP contribution in [0.3, 0.4) is 0 Å². The summed E-state index contributed by atoms with van der Waals surface area (Å²) in [6.07, 6.45) is 5.72. The predicted molar refractivity (Wildman–Crippen MR) is 91.0 cm³/mol. The molecule has 22 heavy (non-hydrogen) atoms. The molecular weight excluding hydrogens is 274 g/mol. The number of benzene rings is 1. The first-order valence-corrected chi connectivity index (χ1v) is 7.81. The van der Waals surface area contributed by atoms with Gasteiger partial charge in [0, 0.05) is 6.54 Å². The molecule has 4 heteroatoms. The van der Waals surface area contributed by atoms with Gasteiger partial charge in [-0.3, -0.25) is 4.79 Å². The van der Waals surface area contributed by atoms with Crippen molar-refractivity contribution in [1.29, 1.82) is 0 Å². The summed E-state index contributed by atoms with van der Waals surface area (Å²) in [5.41, 5.74) is 1.98. The van der Waals surface area contributed by atoms with Crippen LogP contribution in [0.2, 0.25) is 0 Å². The minimum atomic E-state index is -0.0534. The maximum absolute atomic E-state index is 11.9. The van der Waals surface area contributed by atoms with Crippen LogP contribution >= 0.6 is 0 Å². The lowest BCUT2D eigenvalue weighted by Crippen LogP contribution is -2.15. The average molecular weight is 297 g/mol. The highest BCUT2D eigenvalue weighted by atomic mass is 16.1. The fourth-order valence-corrected chi connectivity index (χ4v) is 2.15. The molecular formula is C18H23N3O. The van der Waals surface area contributed by atoms with Gasteiger partial charge in [0.2, 0.25) is 5.91 Å². The molecule has 0 aliphatic heterocycles. The molecule has 0 radical (unpaired) electrons. The molecule has 1 heterocycles. The number of carbonyl (C=O) groups is 1. The van der Waals surface area contributed by atoms with Gasteiger partial charge in [0.05, 0.1) is 18.3 Å². The lowest BCUT2D eigenvalue weighted by atomic mass is 10.1. The minimum Gasteiger partial charge on any atom is -0.384 e. The molecule has 116 valence electrons. The van der Waals surface area contributed by atoms with E-state index in [-0.39, 0.29) is 5.91 Å². The van der Waals surface area contributed by atoms with Crippen LogP contribution in [0, 0.1) is 0 Å². The van der Waals surface area contributed by atoms with E-state index < -0.39 is 0 Å². The van der Waals surface area contributed by atoms with Crippen molar-refractivity contribution in [2.75, 3.05) is 17.2 Å². The maximum atomic E-state index is 11.9. The number of aromatic nitrogens is 1. The molecule has 0 saturated heterocycles. The lowest BCUT2D eigenvalue weighted by Gasteiger charge is -2.08. The number of amides is 1. The summed E-state index contributed by atoms with van der Waals surface area (Å²) in [7, 11) is 0. The number of hydrogen-bond acceptors (Lipinski definition) is 3. The molecule has 0 bridgehead atoms. The average Bonchev–Trinajstić information content (AvgIpc) is 2.54. The zero-order chi connectivity index (χ0) is 15.6. The number of nitrogens with zero attached hydrogens (tertiary/aromatic N) is 1. The Morgan fingerprint density at radius 1 is 1.09 bits per heavy atom. The number of anilines is 2. The number of rotatable bonds is 8. The van der Waals surface area contributed by atoms with Crippen LogP contribution in [-0.4, -0.2) is 17.4 Å². The van der Waals surface area contributed by atoms with Gasteiger partial charge in [0.25, 0.3) is 0 Å². The largest absolute Gasteiger partial charge is 0.384 e. The van der Waals surface area contributed by atoms with Gasteiger partial charge in [-0.25, -0.2) is 4.98 Å². The summed E-state index contributed by atoms with van der Waals surface area (Å²) in [4.78, 5) is 16.2. The zero-order valence-corrected chi connectivity index (χ0v) is 13.0. The molecule has 0 aliphatic carbocycles. The van der Waals surface area contributed by atoms with Crippen molar-refractivity contribution in [3.8, 4) is 0 Å². The Balaban J connectivity index is 1.79. The summed E-state index contributed by atoms with van der Waals surface area (Å²) in [6, 6.07) is 13.4. The standard InChI is InChI=1S/C18H23N3O/c1-2-3-7-12-19-16-10-11-17(20-14-16)21-18(22)13-15-8-5-4-6-9-15/h4-6,8-11,14,19H,2-3,7,12-13H2,1H3,(H,20,21,22). The van der Waals surface area contributed by atoms with Crippen LogP contribution in [0.25, 0.3) is 0 Å². The molecule has 1 amide bonds. The summed E-state index contributed by atoms with van der Waals surface area (Å²) in [5, 5.41) is 6.14. The fourth-order valence-electron chi connectivity index (χ4n) is 2.15. The van der Waals surface area contributed by atoms with Gasteiger partial charge < -0.3 is 10.6 Å². The van der Waals surface area contributed by atoms with Crippen LogP contribution in [0.5, 0.6) is 0 Å². The predicted octanol–water partition coefficient (Wildman–Crippen LogP) is 3.86. The Morgan fingerprint density at radius 2 is 1.91 bits per heavy atom. The summed E-state index contributed by atoms with van der Waals surface area (Å²) in [6.45, 7) is 3.14. The Bertz CT molecular complexity index is 567. The monoisotopic (exact) mass is 297 g/mol. The van der Waals surface area contributed by atoms with E-state index in [1.165, 1.54) is 12.8 Å². The van der Waals surface area contributed by atoms with E-state index in [2.05, 4.69) is 22.5 Å². The van der Waals surface area contributed by atoms with E-state index in [9.17, 15) is 4.79 Å². The van der Waals surface area contributed by atoms with Crippen LogP contribution in [0.1, 0.15) is 31.7 Å². The highest BCUT2D eigenvalue weighted by molar-refractivity contribution is 5.91. The van der Waals surface area contributed by atoms with Crippen molar-refractivity contribution < 1.29 is 4.79 Å². The molecule has 0 unspecified atom stereocenters. The van der Waals surface area contributed by atoms with Crippen molar-refractivity contribution in [1.82, 2.24) is 4.98 Å². The normalized spacial score (nSPS) is 10.2. The second kappa shape index (κ2) is 8.82. The van der Waals surface area contributed by atoms with Gasteiger partial charge in [-0.1, -0.05) is 50.1 Å². The minimum absolute atomic E-state index is 0.0534. The van der Waals surface area contributed by atoms with Gasteiger partial charge in [-0.05, 0) is 24.1 Å².